The molecule has 8 atom stereocenters. The van der Waals surface area contributed by atoms with E-state index in [4.69, 9.17) is 0 Å². The van der Waals surface area contributed by atoms with Crippen molar-refractivity contribution in [1.82, 2.24) is 0 Å². The molecule has 0 saturated heterocycles. The Labute approximate surface area is 123 Å². The number of hydrogen-bond acceptors (Lipinski definition) is 2. The van der Waals surface area contributed by atoms with Crippen molar-refractivity contribution >= 4 is 0 Å². The van der Waals surface area contributed by atoms with Gasteiger partial charge in [-0.05, 0) is 92.8 Å². The molecule has 1 unspecified atom stereocenters. The van der Waals surface area contributed by atoms with Gasteiger partial charge in [-0.25, -0.2) is 0 Å². The zero-order chi connectivity index (χ0) is 13.9. The molecule has 0 aliphatic heterocycles. The second kappa shape index (κ2) is 4.71. The molecule has 0 bridgehead atoms. The molecule has 4 aliphatic rings. The first-order valence-electron chi connectivity index (χ1n) is 8.95. The summed E-state index contributed by atoms with van der Waals surface area (Å²) in [6, 6.07) is 0. The lowest BCUT2D eigenvalue weighted by atomic mass is 9.50. The maximum atomic E-state index is 10.4. The van der Waals surface area contributed by atoms with Crippen molar-refractivity contribution in [2.45, 2.75) is 76.9 Å². The first-order chi connectivity index (χ1) is 9.59. The van der Waals surface area contributed by atoms with Gasteiger partial charge in [-0.3, -0.25) is 0 Å². The average Bonchev–Trinajstić information content (AvgIpc) is 2.74. The lowest BCUT2D eigenvalue weighted by Gasteiger charge is -2.55. The minimum absolute atomic E-state index is 0.0186. The highest BCUT2D eigenvalue weighted by molar-refractivity contribution is 5.06. The molecule has 0 spiro atoms. The molecule has 4 aliphatic carbocycles. The van der Waals surface area contributed by atoms with Crippen molar-refractivity contribution in [1.29, 1.82) is 0 Å². The monoisotopic (exact) mass is 278 g/mol. The normalized spacial score (nSPS) is 58.6. The lowest BCUT2D eigenvalue weighted by Crippen LogP contribution is -2.49. The van der Waals surface area contributed by atoms with Crippen LogP contribution in [-0.4, -0.2) is 22.4 Å². The minimum Gasteiger partial charge on any atom is -0.393 e. The second-order valence-electron chi connectivity index (χ2n) is 8.54. The van der Waals surface area contributed by atoms with Crippen LogP contribution < -0.4 is 0 Å². The van der Waals surface area contributed by atoms with Gasteiger partial charge in [-0.15, -0.1) is 0 Å². The van der Waals surface area contributed by atoms with E-state index in [1.807, 2.05) is 0 Å². The standard InChI is InChI=1S/C18H30O2/c1-18-9-8-14-13-5-3-12(19)10-11(13)2-4-15(14)16(18)6-7-17(18)20/h11-17,19-20H,2-10H2,1H3/t11-,12-,13-,14+,15+,16-,17?,18-/m0/s1. The fourth-order valence-electron chi connectivity index (χ4n) is 6.80. The van der Waals surface area contributed by atoms with Crippen molar-refractivity contribution < 1.29 is 10.2 Å². The number of fused-ring (bicyclic) bond motifs is 5. The van der Waals surface area contributed by atoms with Gasteiger partial charge < -0.3 is 10.2 Å². The van der Waals surface area contributed by atoms with Gasteiger partial charge in [-0.1, -0.05) is 6.92 Å². The van der Waals surface area contributed by atoms with E-state index in [1.165, 1.54) is 38.5 Å². The van der Waals surface area contributed by atoms with Crippen LogP contribution in [-0.2, 0) is 0 Å². The van der Waals surface area contributed by atoms with Gasteiger partial charge in [-0.2, -0.15) is 0 Å². The predicted molar refractivity (Wildman–Crippen MR) is 79.1 cm³/mol. The maximum absolute atomic E-state index is 10.4. The Bertz CT molecular complexity index is 382. The van der Waals surface area contributed by atoms with Crippen LogP contribution >= 0.6 is 0 Å². The van der Waals surface area contributed by atoms with Crippen molar-refractivity contribution in [3.8, 4) is 0 Å². The molecule has 4 rings (SSSR count). The smallest absolute Gasteiger partial charge is 0.0596 e. The molecule has 0 radical (unpaired) electrons. The summed E-state index contributed by atoms with van der Waals surface area (Å²) in [5, 5.41) is 20.3. The summed E-state index contributed by atoms with van der Waals surface area (Å²) in [4.78, 5) is 0. The third kappa shape index (κ3) is 1.83. The Morgan fingerprint density at radius 2 is 1.60 bits per heavy atom. The molecular weight excluding hydrogens is 248 g/mol. The topological polar surface area (TPSA) is 40.5 Å². The van der Waals surface area contributed by atoms with E-state index in [9.17, 15) is 10.2 Å². The van der Waals surface area contributed by atoms with Gasteiger partial charge >= 0.3 is 0 Å². The number of hydrogen-bond donors (Lipinski definition) is 2. The SMILES string of the molecule is C[C@]12CC[C@H]3[C@@H](CC[C@H]4C[C@@H](O)CC[C@@H]43)[C@@H]1CCC2O. The quantitative estimate of drug-likeness (QED) is 0.713. The fourth-order valence-corrected chi connectivity index (χ4v) is 6.80. The summed E-state index contributed by atoms with van der Waals surface area (Å²) in [7, 11) is 0. The van der Waals surface area contributed by atoms with Gasteiger partial charge in [0.25, 0.3) is 0 Å². The predicted octanol–water partition coefficient (Wildman–Crippen LogP) is 3.36. The zero-order valence-corrected chi connectivity index (χ0v) is 12.8. The van der Waals surface area contributed by atoms with Gasteiger partial charge in [0, 0.05) is 0 Å². The van der Waals surface area contributed by atoms with Crippen LogP contribution in [0.5, 0.6) is 0 Å². The van der Waals surface area contributed by atoms with Crippen molar-refractivity contribution in [2.75, 3.05) is 0 Å². The third-order valence-electron chi connectivity index (χ3n) is 7.88. The number of rotatable bonds is 0. The molecule has 4 saturated carbocycles. The van der Waals surface area contributed by atoms with Crippen molar-refractivity contribution in [3.63, 3.8) is 0 Å². The molecule has 4 fully saturated rings. The molecule has 114 valence electrons. The summed E-state index contributed by atoms with van der Waals surface area (Å²) >= 11 is 0. The maximum Gasteiger partial charge on any atom is 0.0596 e. The molecule has 2 heteroatoms. The Kier molecular flexibility index (Phi) is 3.20. The van der Waals surface area contributed by atoms with E-state index in [-0.39, 0.29) is 17.6 Å². The summed E-state index contributed by atoms with van der Waals surface area (Å²) in [6.45, 7) is 2.36. The number of aliphatic hydroxyl groups is 2. The molecule has 0 heterocycles. The van der Waals surface area contributed by atoms with Gasteiger partial charge in [0.05, 0.1) is 12.2 Å². The Hall–Kier alpha value is -0.0800. The van der Waals surface area contributed by atoms with Gasteiger partial charge in [0.1, 0.15) is 0 Å². The first kappa shape index (κ1) is 13.6. The second-order valence-corrected chi connectivity index (χ2v) is 8.54. The van der Waals surface area contributed by atoms with Crippen LogP contribution in [0.4, 0.5) is 0 Å². The van der Waals surface area contributed by atoms with Gasteiger partial charge in [0.15, 0.2) is 0 Å². The molecule has 0 aromatic heterocycles. The summed E-state index contributed by atoms with van der Waals surface area (Å²) in [5.74, 6) is 4.26. The highest BCUT2D eigenvalue weighted by atomic mass is 16.3. The zero-order valence-electron chi connectivity index (χ0n) is 12.8. The molecule has 20 heavy (non-hydrogen) atoms. The van der Waals surface area contributed by atoms with Crippen LogP contribution in [0.1, 0.15) is 64.7 Å². The van der Waals surface area contributed by atoms with Crippen LogP contribution in [0.3, 0.4) is 0 Å². The molecule has 0 amide bonds. The van der Waals surface area contributed by atoms with Crippen LogP contribution in [0.2, 0.25) is 0 Å². The average molecular weight is 278 g/mol. The lowest BCUT2D eigenvalue weighted by molar-refractivity contribution is -0.0913. The minimum atomic E-state index is -0.0423. The number of aliphatic hydroxyl groups excluding tert-OH is 2. The van der Waals surface area contributed by atoms with E-state index in [0.717, 1.165) is 48.9 Å². The highest BCUT2D eigenvalue weighted by Gasteiger charge is 2.56. The largest absolute Gasteiger partial charge is 0.393 e. The van der Waals surface area contributed by atoms with Crippen LogP contribution in [0.25, 0.3) is 0 Å². The summed E-state index contributed by atoms with van der Waals surface area (Å²) in [5.41, 5.74) is 0.224. The van der Waals surface area contributed by atoms with Gasteiger partial charge in [0.2, 0.25) is 0 Å². The van der Waals surface area contributed by atoms with Crippen molar-refractivity contribution in [2.24, 2.45) is 35.0 Å². The molecule has 2 nitrogen and oxygen atoms in total. The molecular formula is C18H30O2. The van der Waals surface area contributed by atoms with E-state index in [0.29, 0.717) is 0 Å². The van der Waals surface area contributed by atoms with Crippen molar-refractivity contribution in [3.05, 3.63) is 0 Å². The van der Waals surface area contributed by atoms with E-state index in [1.54, 1.807) is 0 Å². The first-order valence-corrected chi connectivity index (χ1v) is 8.95. The molecule has 2 N–H and O–H groups in total. The molecule has 0 aromatic rings. The Morgan fingerprint density at radius 1 is 0.800 bits per heavy atom. The van der Waals surface area contributed by atoms with E-state index >= 15 is 0 Å². The fraction of sp³-hybridized carbons (Fsp3) is 1.00. The third-order valence-corrected chi connectivity index (χ3v) is 7.88. The Balaban J connectivity index is 1.57. The van der Waals surface area contributed by atoms with E-state index < -0.39 is 0 Å². The van der Waals surface area contributed by atoms with E-state index in [2.05, 4.69) is 6.92 Å². The Morgan fingerprint density at radius 3 is 2.45 bits per heavy atom. The highest BCUT2D eigenvalue weighted by Crippen LogP contribution is 2.62. The summed E-state index contributed by atoms with van der Waals surface area (Å²) in [6.07, 6.45) is 10.9. The summed E-state index contributed by atoms with van der Waals surface area (Å²) < 4.78 is 0. The van der Waals surface area contributed by atoms with Crippen LogP contribution in [0.15, 0.2) is 0 Å². The van der Waals surface area contributed by atoms with Crippen LogP contribution in [0, 0.1) is 35.0 Å². The molecule has 0 aromatic carbocycles.